The summed E-state index contributed by atoms with van der Waals surface area (Å²) in [5.74, 6) is -0.0793. The number of hydrogen-bond acceptors (Lipinski definition) is 5. The summed E-state index contributed by atoms with van der Waals surface area (Å²) in [4.78, 5) is 25.7. The molecular formula is C34H32AsCl2F3N2O6. The second kappa shape index (κ2) is 16.2. The zero-order valence-electron chi connectivity index (χ0n) is 25.6. The number of carbonyl (C=O) groups is 2. The van der Waals surface area contributed by atoms with Crippen molar-refractivity contribution in [2.75, 3.05) is 11.9 Å². The molecule has 1 unspecified atom stereocenters. The maximum absolute atomic E-state index is 13.3. The predicted molar refractivity (Wildman–Crippen MR) is 178 cm³/mol. The van der Waals surface area contributed by atoms with Gasteiger partial charge < -0.3 is 4.90 Å². The third kappa shape index (κ3) is 10.5. The average Bonchev–Trinajstić information content (AvgIpc) is 3.89. The summed E-state index contributed by atoms with van der Waals surface area (Å²) in [6.45, 7) is 1.74. The van der Waals surface area contributed by atoms with E-state index >= 15 is 0 Å². The van der Waals surface area contributed by atoms with Gasteiger partial charge in [-0.1, -0.05) is 59.6 Å². The van der Waals surface area contributed by atoms with Crippen molar-refractivity contribution < 1.29 is 39.7 Å². The van der Waals surface area contributed by atoms with E-state index in [2.05, 4.69) is 9.19 Å². The Morgan fingerprint density at radius 3 is 2.31 bits per heavy atom. The van der Waals surface area contributed by atoms with Crippen LogP contribution in [0.5, 0.6) is 0 Å². The van der Waals surface area contributed by atoms with Gasteiger partial charge in [0, 0.05) is 28.7 Å². The number of nitrogens with zero attached hydrogens (tertiary/aromatic N) is 1. The van der Waals surface area contributed by atoms with E-state index < -0.39 is 25.9 Å². The summed E-state index contributed by atoms with van der Waals surface area (Å²) >= 11 is 7.67. The molecule has 0 saturated heterocycles. The van der Waals surface area contributed by atoms with Gasteiger partial charge in [0.15, 0.2) is 0 Å². The number of carbonyl (C=O) groups excluding carboxylic acids is 2. The zero-order valence-corrected chi connectivity index (χ0v) is 29.0. The fraction of sp³-hybridized carbons (Fsp3) is 0.235. The predicted octanol–water partition coefficient (Wildman–Crippen LogP) is 7.48. The minimum absolute atomic E-state index is 0.103. The molecule has 1 aliphatic rings. The second-order valence-corrected chi connectivity index (χ2v) is 15.5. The van der Waals surface area contributed by atoms with Crippen LogP contribution in [0, 0.1) is 0 Å². The number of nitrogens with one attached hydrogen (secondary N) is 1. The van der Waals surface area contributed by atoms with Gasteiger partial charge in [0.25, 0.3) is 5.91 Å². The van der Waals surface area contributed by atoms with Crippen molar-refractivity contribution in [3.8, 4) is 0 Å². The van der Waals surface area contributed by atoms with Gasteiger partial charge in [0.2, 0.25) is 0 Å². The van der Waals surface area contributed by atoms with Crippen LogP contribution in [0.25, 0.3) is 0 Å². The van der Waals surface area contributed by atoms with Crippen LogP contribution in [0.3, 0.4) is 0 Å². The van der Waals surface area contributed by atoms with Gasteiger partial charge in [-0.15, -0.1) is 0 Å². The normalized spacial score (nSPS) is 13.9. The van der Waals surface area contributed by atoms with Gasteiger partial charge in [-0.25, -0.2) is 0 Å². The molecule has 0 aromatic heterocycles. The summed E-state index contributed by atoms with van der Waals surface area (Å²) in [5, 5.41) is 11.7. The SMILES string of the molecule is CC(=O)Nc1ccccc1[As](=O)(O)OO.O=C(c1cccc(Cl)c1)N(CCc1cccc(C(F)(F)F)c1)Cc1ccc(C2CC2)cc1Cl. The molecule has 48 heavy (non-hydrogen) atoms. The largest absolute Gasteiger partial charge is 0.416 e. The Hall–Kier alpha value is -3.57. The van der Waals surface area contributed by atoms with E-state index in [0.717, 1.165) is 30.5 Å². The molecular weight excluding hydrogens is 735 g/mol. The molecule has 0 radical (unpaired) electrons. The Morgan fingerprint density at radius 1 is 0.979 bits per heavy atom. The van der Waals surface area contributed by atoms with Crippen LogP contribution < -0.4 is 9.67 Å². The molecule has 1 atom stereocenters. The molecule has 0 bridgehead atoms. The molecule has 4 aromatic rings. The van der Waals surface area contributed by atoms with Crippen LogP contribution in [-0.2, 0) is 31.6 Å². The maximum atomic E-state index is 13.3. The molecule has 8 nitrogen and oxygen atoms in total. The number of hydrogen-bond donors (Lipinski definition) is 3. The average molecular weight is 767 g/mol. The Balaban J connectivity index is 0.000000291. The minimum Gasteiger partial charge on any atom is -0.334 e. The standard InChI is InChI=1S/C26H22Cl2F3NO.C8H10AsNO5/c27-23-6-2-4-20(14-23)25(33)32(12-11-17-3-1-5-22(13-17)26(29,30)31)16-21-10-9-19(15-24(21)28)18-7-8-18;1-6(11)10-8-5-3-2-4-7(8)9(12,13)15-14/h1-6,9-10,13-15,18H,7-8,11-12,16H2;2-5,14H,1H3,(H,10,11)(H,12,13). The molecule has 2 amide bonds. The smallest absolute Gasteiger partial charge is 0.334 e. The van der Waals surface area contributed by atoms with E-state index in [1.54, 1.807) is 41.3 Å². The van der Waals surface area contributed by atoms with Crippen molar-refractivity contribution in [1.29, 1.82) is 0 Å². The first-order chi connectivity index (χ1) is 22.7. The topological polar surface area (TPSA) is 116 Å². The summed E-state index contributed by atoms with van der Waals surface area (Å²) in [5.41, 5.74) is 2.36. The summed E-state index contributed by atoms with van der Waals surface area (Å²) in [6.07, 6.45) is -1.82. The van der Waals surface area contributed by atoms with E-state index in [9.17, 15) is 30.6 Å². The molecule has 1 fully saturated rings. The molecule has 3 N–H and O–H groups in total. The van der Waals surface area contributed by atoms with Crippen molar-refractivity contribution >= 4 is 59.2 Å². The number of amides is 2. The molecule has 1 aliphatic carbocycles. The van der Waals surface area contributed by atoms with Gasteiger partial charge in [0.1, 0.15) is 0 Å². The summed E-state index contributed by atoms with van der Waals surface area (Å²) < 4.78 is 63.4. The van der Waals surface area contributed by atoms with Gasteiger partial charge in [0.05, 0.1) is 5.56 Å². The van der Waals surface area contributed by atoms with Gasteiger partial charge >= 0.3 is 94.6 Å². The number of rotatable bonds is 10. The number of anilines is 1. The van der Waals surface area contributed by atoms with Gasteiger partial charge in [-0.2, -0.15) is 13.2 Å². The summed E-state index contributed by atoms with van der Waals surface area (Å²) in [6, 6.07) is 23.6. The first kappa shape index (κ1) is 37.3. The van der Waals surface area contributed by atoms with Crippen LogP contribution in [0.2, 0.25) is 10.0 Å². The Kier molecular flexibility index (Phi) is 12.6. The van der Waals surface area contributed by atoms with Crippen molar-refractivity contribution in [3.05, 3.63) is 129 Å². The summed E-state index contributed by atoms with van der Waals surface area (Å²) in [7, 11) is 0. The monoisotopic (exact) mass is 766 g/mol. The fourth-order valence-electron chi connectivity index (χ4n) is 4.85. The quantitative estimate of drug-likeness (QED) is 0.0877. The molecule has 254 valence electrons. The Bertz CT molecular complexity index is 1820. The zero-order chi connectivity index (χ0) is 35.1. The number of halogens is 5. The van der Waals surface area contributed by atoms with Crippen molar-refractivity contribution in [2.24, 2.45) is 0 Å². The Morgan fingerprint density at radius 2 is 1.69 bits per heavy atom. The third-order valence-electron chi connectivity index (χ3n) is 7.40. The first-order valence-electron chi connectivity index (χ1n) is 14.7. The Labute approximate surface area is 288 Å². The van der Waals surface area contributed by atoms with E-state index in [1.807, 2.05) is 18.2 Å². The number of benzene rings is 4. The van der Waals surface area contributed by atoms with Gasteiger partial charge in [-0.3, -0.25) is 4.79 Å². The third-order valence-corrected chi connectivity index (χ3v) is 10.5. The molecule has 1 saturated carbocycles. The molecule has 0 heterocycles. The van der Waals surface area contributed by atoms with Crippen molar-refractivity contribution in [2.45, 2.75) is 44.8 Å². The molecule has 0 aliphatic heterocycles. The second-order valence-electron chi connectivity index (χ2n) is 11.1. The van der Waals surface area contributed by atoms with Crippen LogP contribution in [0.15, 0.2) is 91.0 Å². The van der Waals surface area contributed by atoms with E-state index in [1.165, 1.54) is 36.8 Å². The minimum atomic E-state index is -4.92. The number of alkyl halides is 3. The molecule has 5 rings (SSSR count). The van der Waals surface area contributed by atoms with E-state index in [-0.39, 0.29) is 41.4 Å². The van der Waals surface area contributed by atoms with Crippen LogP contribution in [0.4, 0.5) is 18.9 Å². The van der Waals surface area contributed by atoms with Crippen molar-refractivity contribution in [1.82, 2.24) is 4.90 Å². The molecule has 0 spiro atoms. The molecule has 4 aromatic carbocycles. The van der Waals surface area contributed by atoms with E-state index in [0.29, 0.717) is 27.1 Å². The van der Waals surface area contributed by atoms with Crippen LogP contribution in [0.1, 0.15) is 58.3 Å². The van der Waals surface area contributed by atoms with Crippen LogP contribution in [-0.4, -0.2) is 46.8 Å². The molecule has 14 heteroatoms. The van der Waals surface area contributed by atoms with Crippen molar-refractivity contribution in [3.63, 3.8) is 0 Å². The van der Waals surface area contributed by atoms with E-state index in [4.69, 9.17) is 28.5 Å². The first-order valence-corrected chi connectivity index (χ1v) is 18.8. The fourth-order valence-corrected chi connectivity index (χ4v) is 6.96. The number of para-hydroxylation sites is 1. The van der Waals surface area contributed by atoms with Gasteiger partial charge in [-0.05, 0) is 72.2 Å². The van der Waals surface area contributed by atoms with Crippen LogP contribution >= 0.6 is 23.2 Å². The maximum Gasteiger partial charge on any atom is 0.416 e.